The molecule has 1 aliphatic rings. The summed E-state index contributed by atoms with van der Waals surface area (Å²) >= 11 is 0. The number of hydrogen-bond acceptors (Lipinski definition) is 5. The first-order chi connectivity index (χ1) is 11.5. The summed E-state index contributed by atoms with van der Waals surface area (Å²) in [4.78, 5) is 35.0. The van der Waals surface area contributed by atoms with Gasteiger partial charge >= 0.3 is 5.97 Å². The van der Waals surface area contributed by atoms with Crippen LogP contribution in [0.5, 0.6) is 0 Å². The maximum atomic E-state index is 11.8. The normalized spacial score (nSPS) is 14.5. The van der Waals surface area contributed by atoms with Crippen molar-refractivity contribution in [1.29, 1.82) is 0 Å². The van der Waals surface area contributed by atoms with Crippen LogP contribution in [-0.2, 0) is 25.7 Å². The Hall–Kier alpha value is -2.41. The molecule has 7 heteroatoms. The highest BCUT2D eigenvalue weighted by Gasteiger charge is 2.23. The van der Waals surface area contributed by atoms with Crippen molar-refractivity contribution in [1.82, 2.24) is 10.6 Å². The van der Waals surface area contributed by atoms with Crippen LogP contribution in [0.15, 0.2) is 30.3 Å². The minimum Gasteiger partial charge on any atom is -0.461 e. The van der Waals surface area contributed by atoms with E-state index in [0.717, 1.165) is 18.4 Å². The van der Waals surface area contributed by atoms with Crippen molar-refractivity contribution >= 4 is 17.8 Å². The maximum absolute atomic E-state index is 11.8. The Morgan fingerprint density at radius 3 is 2.58 bits per heavy atom. The lowest BCUT2D eigenvalue weighted by atomic mass is 10.2. The smallest absolute Gasteiger partial charge is 0.308 e. The van der Waals surface area contributed by atoms with Crippen LogP contribution in [0.4, 0.5) is 0 Å². The molecule has 2 amide bonds. The number of nitrogens with two attached hydrogens (primary N) is 1. The van der Waals surface area contributed by atoms with E-state index in [4.69, 9.17) is 10.5 Å². The Morgan fingerprint density at radius 1 is 1.21 bits per heavy atom. The third-order valence-corrected chi connectivity index (χ3v) is 3.56. The van der Waals surface area contributed by atoms with Crippen molar-refractivity contribution in [3.8, 4) is 0 Å². The van der Waals surface area contributed by atoms with Crippen LogP contribution in [0.25, 0.3) is 0 Å². The van der Waals surface area contributed by atoms with Gasteiger partial charge in [-0.3, -0.25) is 14.4 Å². The van der Waals surface area contributed by atoms with E-state index in [2.05, 4.69) is 10.6 Å². The second-order valence-corrected chi connectivity index (χ2v) is 5.84. The lowest BCUT2D eigenvalue weighted by Gasteiger charge is -2.12. The zero-order valence-electron chi connectivity index (χ0n) is 13.5. The molecule has 2 rings (SSSR count). The average molecular weight is 333 g/mol. The van der Waals surface area contributed by atoms with Crippen molar-refractivity contribution in [3.05, 3.63) is 35.9 Å². The van der Waals surface area contributed by atoms with Crippen molar-refractivity contribution in [2.45, 2.75) is 44.4 Å². The van der Waals surface area contributed by atoms with E-state index in [1.165, 1.54) is 0 Å². The molecule has 1 fully saturated rings. The Balaban J connectivity index is 1.59. The summed E-state index contributed by atoms with van der Waals surface area (Å²) in [6.07, 6.45) is 2.04. The van der Waals surface area contributed by atoms with Crippen LogP contribution in [-0.4, -0.2) is 36.4 Å². The number of hydrogen-bond donors (Lipinski definition) is 3. The molecule has 0 aromatic heterocycles. The molecule has 1 aromatic carbocycles. The predicted molar refractivity (Wildman–Crippen MR) is 87.6 cm³/mol. The molecule has 1 saturated carbocycles. The minimum absolute atomic E-state index is 0.0892. The van der Waals surface area contributed by atoms with Gasteiger partial charge in [0.25, 0.3) is 0 Å². The molecule has 0 bridgehead atoms. The van der Waals surface area contributed by atoms with E-state index in [-0.39, 0.29) is 31.9 Å². The Kier molecular flexibility index (Phi) is 6.74. The lowest BCUT2D eigenvalue weighted by molar-refractivity contribution is -0.146. The van der Waals surface area contributed by atoms with Gasteiger partial charge in [-0.15, -0.1) is 0 Å². The molecule has 7 nitrogen and oxygen atoms in total. The van der Waals surface area contributed by atoms with Crippen LogP contribution in [0.2, 0.25) is 0 Å². The van der Waals surface area contributed by atoms with E-state index in [1.54, 1.807) is 0 Å². The number of rotatable bonds is 9. The van der Waals surface area contributed by atoms with Crippen molar-refractivity contribution in [2.24, 2.45) is 5.73 Å². The number of ether oxygens (including phenoxy) is 1. The standard InChI is InChI=1S/C17H23N3O4/c18-14(10-16(22)24-11-12-4-2-1-3-5-12)17(23)19-9-8-15(21)20-13-6-7-13/h1-5,13-14H,6-11,18H2,(H,19,23)(H,20,21)/t14-/m0/s1. The highest BCUT2D eigenvalue weighted by molar-refractivity contribution is 5.86. The molecule has 0 heterocycles. The molecule has 1 aromatic rings. The molecular weight excluding hydrogens is 310 g/mol. The van der Waals surface area contributed by atoms with Gasteiger partial charge in [0.15, 0.2) is 0 Å². The molecule has 0 saturated heterocycles. The van der Waals surface area contributed by atoms with Crippen molar-refractivity contribution in [2.75, 3.05) is 6.54 Å². The van der Waals surface area contributed by atoms with Crippen LogP contribution in [0.3, 0.4) is 0 Å². The third-order valence-electron chi connectivity index (χ3n) is 3.56. The molecule has 24 heavy (non-hydrogen) atoms. The number of carbonyl (C=O) groups is 3. The summed E-state index contributed by atoms with van der Waals surface area (Å²) in [5.74, 6) is -1.09. The van der Waals surface area contributed by atoms with Crippen molar-refractivity contribution in [3.63, 3.8) is 0 Å². The topological polar surface area (TPSA) is 111 Å². The van der Waals surface area contributed by atoms with E-state index in [9.17, 15) is 14.4 Å². The summed E-state index contributed by atoms with van der Waals surface area (Å²) in [6.45, 7) is 0.347. The van der Waals surface area contributed by atoms with Crippen LogP contribution < -0.4 is 16.4 Å². The number of carbonyl (C=O) groups excluding carboxylic acids is 3. The first kappa shape index (κ1) is 17.9. The zero-order chi connectivity index (χ0) is 17.4. The van der Waals surface area contributed by atoms with Gasteiger partial charge < -0.3 is 21.1 Å². The Labute approximate surface area is 140 Å². The largest absolute Gasteiger partial charge is 0.461 e. The summed E-state index contributed by atoms with van der Waals surface area (Å²) < 4.78 is 5.08. The number of nitrogens with one attached hydrogen (secondary N) is 2. The summed E-state index contributed by atoms with van der Waals surface area (Å²) in [6, 6.07) is 8.56. The summed E-state index contributed by atoms with van der Waals surface area (Å²) in [7, 11) is 0. The summed E-state index contributed by atoms with van der Waals surface area (Å²) in [5, 5.41) is 5.38. The van der Waals surface area contributed by atoms with Gasteiger partial charge in [0.1, 0.15) is 6.61 Å². The third kappa shape index (κ3) is 6.78. The second-order valence-electron chi connectivity index (χ2n) is 5.84. The highest BCUT2D eigenvalue weighted by Crippen LogP contribution is 2.18. The Morgan fingerprint density at radius 2 is 1.92 bits per heavy atom. The fourth-order valence-corrected chi connectivity index (χ4v) is 2.03. The molecule has 0 aliphatic heterocycles. The monoisotopic (exact) mass is 333 g/mol. The lowest BCUT2D eigenvalue weighted by Crippen LogP contribution is -2.43. The van der Waals surface area contributed by atoms with Gasteiger partial charge in [-0.25, -0.2) is 0 Å². The predicted octanol–water partition coefficient (Wildman–Crippen LogP) is 0.232. The minimum atomic E-state index is -0.986. The number of amides is 2. The summed E-state index contributed by atoms with van der Waals surface area (Å²) in [5.41, 5.74) is 6.55. The van der Waals surface area contributed by atoms with Gasteiger partial charge in [-0.05, 0) is 18.4 Å². The Bertz CT molecular complexity index is 572. The molecule has 0 spiro atoms. The molecule has 4 N–H and O–H groups in total. The van der Waals surface area contributed by atoms with Gasteiger partial charge in [0.2, 0.25) is 11.8 Å². The number of benzene rings is 1. The first-order valence-electron chi connectivity index (χ1n) is 8.07. The quantitative estimate of drug-likeness (QED) is 0.560. The van der Waals surface area contributed by atoms with E-state index in [0.29, 0.717) is 6.04 Å². The maximum Gasteiger partial charge on any atom is 0.308 e. The van der Waals surface area contributed by atoms with Crippen LogP contribution in [0, 0.1) is 0 Å². The molecule has 0 radical (unpaired) electrons. The van der Waals surface area contributed by atoms with Crippen LogP contribution >= 0.6 is 0 Å². The zero-order valence-corrected chi connectivity index (χ0v) is 13.5. The van der Waals surface area contributed by atoms with Gasteiger partial charge in [-0.1, -0.05) is 30.3 Å². The van der Waals surface area contributed by atoms with Gasteiger partial charge in [0, 0.05) is 19.0 Å². The van der Waals surface area contributed by atoms with E-state index in [1.807, 2.05) is 30.3 Å². The molecule has 0 unspecified atom stereocenters. The van der Waals surface area contributed by atoms with Gasteiger partial charge in [0.05, 0.1) is 12.5 Å². The fraction of sp³-hybridized carbons (Fsp3) is 0.471. The first-order valence-corrected chi connectivity index (χ1v) is 8.07. The fourth-order valence-electron chi connectivity index (χ4n) is 2.03. The SMILES string of the molecule is N[C@@H](CC(=O)OCc1ccccc1)C(=O)NCCC(=O)NC1CC1. The van der Waals surface area contributed by atoms with Crippen LogP contribution in [0.1, 0.15) is 31.2 Å². The highest BCUT2D eigenvalue weighted by atomic mass is 16.5. The van der Waals surface area contributed by atoms with Gasteiger partial charge in [-0.2, -0.15) is 0 Å². The molecule has 1 aliphatic carbocycles. The number of esters is 1. The second kappa shape index (κ2) is 9.02. The molecule has 1 atom stereocenters. The molecular formula is C17H23N3O4. The van der Waals surface area contributed by atoms with E-state index >= 15 is 0 Å². The van der Waals surface area contributed by atoms with E-state index < -0.39 is 17.9 Å². The van der Waals surface area contributed by atoms with Crippen molar-refractivity contribution < 1.29 is 19.1 Å². The average Bonchev–Trinajstić information content (AvgIpc) is 3.37. The molecule has 130 valence electrons.